The second kappa shape index (κ2) is 22.6. The Morgan fingerprint density at radius 2 is 1.25 bits per heavy atom. The normalized spacial score (nSPS) is 2.75. The third-order valence-electron chi connectivity index (χ3n) is 0. The zero-order valence-corrected chi connectivity index (χ0v) is 6.67. The van der Waals surface area contributed by atoms with E-state index in [0.717, 1.165) is 0 Å². The predicted molar refractivity (Wildman–Crippen MR) is 22.9 cm³/mol. The fourth-order valence-corrected chi connectivity index (χ4v) is 0. The molecule has 0 amide bonds. The van der Waals surface area contributed by atoms with Crippen LogP contribution in [0.2, 0.25) is 0 Å². The SMILES string of the molecule is C=C.[Cl][K]. The van der Waals surface area contributed by atoms with E-state index in [9.17, 15) is 0 Å². The van der Waals surface area contributed by atoms with Crippen molar-refractivity contribution >= 4 is 50.9 Å². The van der Waals surface area contributed by atoms with Crippen LogP contribution in [0.15, 0.2) is 13.2 Å². The van der Waals surface area contributed by atoms with Gasteiger partial charge in [0.15, 0.2) is 0 Å². The van der Waals surface area contributed by atoms with Gasteiger partial charge in [-0.1, -0.05) is 0 Å². The van der Waals surface area contributed by atoms with E-state index in [4.69, 9.17) is 3.76 Å². The van der Waals surface area contributed by atoms with E-state index >= 15 is 0 Å². The van der Waals surface area contributed by atoms with Gasteiger partial charge in [0.05, 0.1) is 0 Å². The molecule has 0 saturated heterocycles. The second-order valence-corrected chi connectivity index (χ2v) is 0. The van der Waals surface area contributed by atoms with Gasteiger partial charge >= 0.3 is 50.9 Å². The van der Waals surface area contributed by atoms with Gasteiger partial charge in [-0.2, -0.15) is 0 Å². The Morgan fingerprint density at radius 3 is 1.25 bits per heavy atom. The summed E-state index contributed by atoms with van der Waals surface area (Å²) in [6.45, 7) is 6.00. The van der Waals surface area contributed by atoms with E-state index in [1.807, 2.05) is 0 Å². The molecule has 0 radical (unpaired) electrons. The van der Waals surface area contributed by atoms with Crippen molar-refractivity contribution in [3.05, 3.63) is 13.2 Å². The van der Waals surface area contributed by atoms with E-state index in [0.29, 0.717) is 47.1 Å². The Balaban J connectivity index is 0. The molecular weight excluding hydrogens is 98.6 g/mol. The van der Waals surface area contributed by atoms with Crippen molar-refractivity contribution in [1.82, 2.24) is 0 Å². The molecule has 0 aromatic heterocycles. The molecule has 0 aliphatic heterocycles. The van der Waals surface area contributed by atoms with Crippen LogP contribution in [0.4, 0.5) is 0 Å². The topological polar surface area (TPSA) is 0 Å². The van der Waals surface area contributed by atoms with Crippen LogP contribution in [0.3, 0.4) is 0 Å². The summed E-state index contributed by atoms with van der Waals surface area (Å²) in [5, 5.41) is 0. The van der Waals surface area contributed by atoms with Gasteiger partial charge in [0.25, 0.3) is 0 Å². The first kappa shape index (κ1) is 9.18. The molecule has 2 heteroatoms. The molecule has 0 spiro atoms. The molecule has 0 rings (SSSR count). The van der Waals surface area contributed by atoms with Gasteiger partial charge in [0, 0.05) is 0 Å². The summed E-state index contributed by atoms with van der Waals surface area (Å²) in [7, 11) is 0. The minimum atomic E-state index is 0.535. The van der Waals surface area contributed by atoms with Crippen LogP contribution in [0, 0.1) is 0 Å². The quantitative estimate of drug-likeness (QED) is 0.318. The zero-order valence-electron chi connectivity index (χ0n) is 2.79. The summed E-state index contributed by atoms with van der Waals surface area (Å²) in [6.07, 6.45) is 0. The van der Waals surface area contributed by atoms with Gasteiger partial charge in [0.2, 0.25) is 0 Å². The molecule has 0 saturated carbocycles. The Labute approximate surface area is 62.6 Å². The van der Waals surface area contributed by atoms with E-state index in [1.165, 1.54) is 0 Å². The van der Waals surface area contributed by atoms with Crippen molar-refractivity contribution < 1.29 is 0 Å². The Kier molecular flexibility index (Phi) is 51.8. The van der Waals surface area contributed by atoms with Crippen molar-refractivity contribution in [1.29, 1.82) is 0 Å². The summed E-state index contributed by atoms with van der Waals surface area (Å²) in [4.78, 5) is 0. The van der Waals surface area contributed by atoms with Crippen LogP contribution in [0.5, 0.6) is 0 Å². The summed E-state index contributed by atoms with van der Waals surface area (Å²) < 4.78 is 4.83. The van der Waals surface area contributed by atoms with Crippen LogP contribution in [-0.2, 0) is 0 Å². The Morgan fingerprint density at radius 1 is 1.25 bits per heavy atom. The molecule has 20 valence electrons. The molecule has 0 aromatic rings. The molecule has 0 unspecified atom stereocenters. The van der Waals surface area contributed by atoms with Crippen molar-refractivity contribution in [2.75, 3.05) is 0 Å². The van der Waals surface area contributed by atoms with Gasteiger partial charge in [-0.05, 0) is 0 Å². The molecule has 0 aromatic carbocycles. The minimum absolute atomic E-state index is 0.535. The number of halogens is 1. The average Bonchev–Trinajstić information content (AvgIpc) is 1.50. The van der Waals surface area contributed by atoms with Gasteiger partial charge < -0.3 is 0 Å². The molecule has 0 atom stereocenters. The first-order chi connectivity index (χ1) is 2.00. The van der Waals surface area contributed by atoms with Gasteiger partial charge in [-0.3, -0.25) is 0 Å². The van der Waals surface area contributed by atoms with Gasteiger partial charge in [-0.25, -0.2) is 0 Å². The molecule has 0 aliphatic rings. The summed E-state index contributed by atoms with van der Waals surface area (Å²) in [6, 6.07) is 0. The van der Waals surface area contributed by atoms with E-state index < -0.39 is 0 Å². The van der Waals surface area contributed by atoms with Crippen molar-refractivity contribution in [2.24, 2.45) is 0 Å². The first-order valence-corrected chi connectivity index (χ1v) is 5.18. The van der Waals surface area contributed by atoms with E-state index in [1.54, 1.807) is 0 Å². The number of rotatable bonds is 0. The van der Waals surface area contributed by atoms with Crippen LogP contribution < -0.4 is 0 Å². The van der Waals surface area contributed by atoms with Crippen molar-refractivity contribution in [3.63, 3.8) is 0 Å². The maximum absolute atomic E-state index is 4.83. The zero-order chi connectivity index (χ0) is 4.00. The maximum atomic E-state index is 4.83. The Bertz CT molecular complexity index is 6.00. The van der Waals surface area contributed by atoms with Crippen molar-refractivity contribution in [3.8, 4) is 0 Å². The first-order valence-electron chi connectivity index (χ1n) is 0.878. The average molecular weight is 103 g/mol. The van der Waals surface area contributed by atoms with E-state index in [2.05, 4.69) is 13.2 Å². The summed E-state index contributed by atoms with van der Waals surface area (Å²) in [5.41, 5.74) is 0. The fraction of sp³-hybridized carbons (Fsp3) is 0. The molecule has 0 fully saturated rings. The molecule has 0 aliphatic carbocycles. The monoisotopic (exact) mass is 102 g/mol. The summed E-state index contributed by atoms with van der Waals surface area (Å²) >= 11 is 0.535. The number of hydrogen-bond donors (Lipinski definition) is 0. The molecule has 4 heavy (non-hydrogen) atoms. The predicted octanol–water partition coefficient (Wildman–Crippen LogP) is 1.11. The van der Waals surface area contributed by atoms with Crippen LogP contribution >= 0.6 is 3.76 Å². The third kappa shape index (κ3) is 9.39. The van der Waals surface area contributed by atoms with Gasteiger partial charge in [0.1, 0.15) is 0 Å². The Hall–Kier alpha value is 1.67. The van der Waals surface area contributed by atoms with Crippen LogP contribution in [0.1, 0.15) is 0 Å². The second-order valence-electron chi connectivity index (χ2n) is 0. The molecule has 0 bridgehead atoms. The van der Waals surface area contributed by atoms with Crippen LogP contribution in [-0.4, -0.2) is 47.1 Å². The molecular formula is C2H4ClK. The number of hydrogen-bond acceptors (Lipinski definition) is 0. The molecule has 0 nitrogen and oxygen atoms in total. The van der Waals surface area contributed by atoms with Gasteiger partial charge in [-0.15, -0.1) is 13.2 Å². The summed E-state index contributed by atoms with van der Waals surface area (Å²) in [5.74, 6) is 0. The fourth-order valence-electron chi connectivity index (χ4n) is 0. The van der Waals surface area contributed by atoms with Crippen LogP contribution in [0.25, 0.3) is 0 Å². The van der Waals surface area contributed by atoms with Crippen molar-refractivity contribution in [2.45, 2.75) is 0 Å². The molecule has 0 heterocycles. The van der Waals surface area contributed by atoms with E-state index in [-0.39, 0.29) is 0 Å². The third-order valence-corrected chi connectivity index (χ3v) is 0. The molecule has 0 N–H and O–H groups in total. The standard InChI is InChI=1S/C2H4.ClH.K/c1-2;;/h1-2H2;1H;/q;;+1/p-1.